The van der Waals surface area contributed by atoms with Crippen LogP contribution in [0.1, 0.15) is 21.5 Å². The van der Waals surface area contributed by atoms with E-state index in [0.29, 0.717) is 6.54 Å². The van der Waals surface area contributed by atoms with Crippen LogP contribution in [0.25, 0.3) is 0 Å². The van der Waals surface area contributed by atoms with E-state index in [1.165, 1.54) is 11.1 Å². The molecule has 2 aromatic carbocycles. The van der Waals surface area contributed by atoms with E-state index < -0.39 is 0 Å². The molecular formula is C18H20BrNO. The Morgan fingerprint density at radius 3 is 2.33 bits per heavy atom. The third kappa shape index (κ3) is 3.60. The summed E-state index contributed by atoms with van der Waals surface area (Å²) in [6.07, 6.45) is 1.06. The highest BCUT2D eigenvalue weighted by Gasteiger charge is 2.30. The highest BCUT2D eigenvalue weighted by molar-refractivity contribution is 5.96. The minimum atomic E-state index is 0. The zero-order chi connectivity index (χ0) is 14.0. The molecule has 0 amide bonds. The third-order valence-electron chi connectivity index (χ3n) is 4.21. The average molecular weight is 346 g/mol. The molecule has 21 heavy (non-hydrogen) atoms. The van der Waals surface area contributed by atoms with Gasteiger partial charge in [-0.3, -0.25) is 4.79 Å². The Labute approximate surface area is 136 Å². The van der Waals surface area contributed by atoms with Crippen molar-refractivity contribution in [1.82, 2.24) is 0 Å². The first kappa shape index (κ1) is 15.9. The molecule has 1 aliphatic heterocycles. The molecule has 0 fully saturated rings. The number of Topliss-reactive ketones (excluding diaryl/α,β-unsaturated/α-hetero) is 1. The first-order chi connectivity index (χ1) is 9.66. The summed E-state index contributed by atoms with van der Waals surface area (Å²) in [6.45, 7) is 2.57. The molecular weight excluding hydrogens is 326 g/mol. The maximum atomic E-state index is 12.4. The topological polar surface area (TPSA) is 17.1 Å². The van der Waals surface area contributed by atoms with Crippen molar-refractivity contribution < 1.29 is 26.3 Å². The van der Waals surface area contributed by atoms with Gasteiger partial charge in [0.1, 0.15) is 13.1 Å². The number of nitrogens with zero attached hydrogens (tertiary/aromatic N) is 1. The van der Waals surface area contributed by atoms with Crippen molar-refractivity contribution in [3.05, 3.63) is 71.3 Å². The zero-order valence-electron chi connectivity index (χ0n) is 12.3. The smallest absolute Gasteiger partial charge is 0.216 e. The van der Waals surface area contributed by atoms with Crippen molar-refractivity contribution >= 4 is 5.78 Å². The predicted octanol–water partition coefficient (Wildman–Crippen LogP) is 0.0762. The first-order valence-electron chi connectivity index (χ1n) is 7.15. The van der Waals surface area contributed by atoms with E-state index in [4.69, 9.17) is 0 Å². The molecule has 2 aromatic rings. The Bertz CT molecular complexity index is 626. The molecule has 0 aromatic heterocycles. The molecule has 1 atom stereocenters. The first-order valence-corrected chi connectivity index (χ1v) is 7.15. The number of carbonyl (C=O) groups excluding carboxylic acids is 1. The Kier molecular flexibility index (Phi) is 4.96. The predicted molar refractivity (Wildman–Crippen MR) is 80.5 cm³/mol. The molecule has 1 unspecified atom stereocenters. The molecule has 1 aliphatic rings. The van der Waals surface area contributed by atoms with Crippen molar-refractivity contribution in [1.29, 1.82) is 0 Å². The van der Waals surface area contributed by atoms with Gasteiger partial charge in [-0.1, -0.05) is 54.6 Å². The number of quaternary nitrogens is 1. The van der Waals surface area contributed by atoms with Gasteiger partial charge < -0.3 is 21.5 Å². The van der Waals surface area contributed by atoms with Crippen LogP contribution >= 0.6 is 0 Å². The Balaban J connectivity index is 0.00000161. The van der Waals surface area contributed by atoms with E-state index in [-0.39, 0.29) is 22.8 Å². The van der Waals surface area contributed by atoms with Gasteiger partial charge in [0.2, 0.25) is 5.78 Å². The van der Waals surface area contributed by atoms with Crippen molar-refractivity contribution in [2.24, 2.45) is 0 Å². The summed E-state index contributed by atoms with van der Waals surface area (Å²) in [5.74, 6) is 0.243. The van der Waals surface area contributed by atoms with Gasteiger partial charge in [-0.15, -0.1) is 0 Å². The number of ketones is 1. The van der Waals surface area contributed by atoms with Gasteiger partial charge >= 0.3 is 0 Å². The van der Waals surface area contributed by atoms with Gasteiger partial charge in [0.05, 0.1) is 13.6 Å². The number of hydrogen-bond acceptors (Lipinski definition) is 1. The molecule has 0 spiro atoms. The maximum Gasteiger partial charge on any atom is 0.216 e. The van der Waals surface area contributed by atoms with E-state index >= 15 is 0 Å². The number of fused-ring (bicyclic) bond motifs is 1. The van der Waals surface area contributed by atoms with Crippen LogP contribution in [0.5, 0.6) is 0 Å². The van der Waals surface area contributed by atoms with Crippen molar-refractivity contribution in [3.8, 4) is 0 Å². The number of hydrogen-bond donors (Lipinski definition) is 0. The van der Waals surface area contributed by atoms with E-state index in [0.717, 1.165) is 29.6 Å². The molecule has 0 N–H and O–H groups in total. The highest BCUT2D eigenvalue weighted by atomic mass is 79.9. The second-order valence-electron chi connectivity index (χ2n) is 5.97. The molecule has 0 saturated carbocycles. The van der Waals surface area contributed by atoms with Crippen LogP contribution in [-0.2, 0) is 13.0 Å². The van der Waals surface area contributed by atoms with Crippen molar-refractivity contribution in [2.45, 2.75) is 13.0 Å². The van der Waals surface area contributed by atoms with Crippen LogP contribution in [0.2, 0.25) is 0 Å². The largest absolute Gasteiger partial charge is 1.00 e. The second-order valence-corrected chi connectivity index (χ2v) is 5.97. The molecule has 2 nitrogen and oxygen atoms in total. The molecule has 0 aliphatic carbocycles. The van der Waals surface area contributed by atoms with Crippen LogP contribution in [0.15, 0.2) is 54.6 Å². The van der Waals surface area contributed by atoms with Gasteiger partial charge in [-0.05, 0) is 5.56 Å². The van der Waals surface area contributed by atoms with Gasteiger partial charge in [0.15, 0.2) is 0 Å². The molecule has 0 saturated heterocycles. The summed E-state index contributed by atoms with van der Waals surface area (Å²) in [4.78, 5) is 12.4. The fourth-order valence-electron chi connectivity index (χ4n) is 3.03. The highest BCUT2D eigenvalue weighted by Crippen LogP contribution is 2.23. The van der Waals surface area contributed by atoms with Gasteiger partial charge in [-0.25, -0.2) is 0 Å². The van der Waals surface area contributed by atoms with Gasteiger partial charge in [-0.2, -0.15) is 0 Å². The summed E-state index contributed by atoms with van der Waals surface area (Å²) >= 11 is 0. The SMILES string of the molecule is C[N+]1(CC(=O)c2ccccc2)CCc2ccccc2C1.[Br-]. The van der Waals surface area contributed by atoms with Crippen LogP contribution in [0, 0.1) is 0 Å². The molecule has 3 rings (SSSR count). The number of rotatable bonds is 3. The zero-order valence-corrected chi connectivity index (χ0v) is 13.8. The molecule has 3 heteroatoms. The fourth-order valence-corrected chi connectivity index (χ4v) is 3.03. The lowest BCUT2D eigenvalue weighted by Gasteiger charge is -2.38. The lowest BCUT2D eigenvalue weighted by atomic mass is 9.97. The number of benzene rings is 2. The van der Waals surface area contributed by atoms with E-state index in [1.54, 1.807) is 0 Å². The fraction of sp³-hybridized carbons (Fsp3) is 0.278. The van der Waals surface area contributed by atoms with Crippen molar-refractivity contribution in [2.75, 3.05) is 20.1 Å². The summed E-state index contributed by atoms with van der Waals surface area (Å²) in [7, 11) is 2.19. The lowest BCUT2D eigenvalue weighted by Crippen LogP contribution is -3.00. The Hall–Kier alpha value is -1.45. The van der Waals surface area contributed by atoms with Gasteiger partial charge in [0.25, 0.3) is 0 Å². The van der Waals surface area contributed by atoms with Crippen molar-refractivity contribution in [3.63, 3.8) is 0 Å². The van der Waals surface area contributed by atoms with Crippen LogP contribution in [0.3, 0.4) is 0 Å². The minimum absolute atomic E-state index is 0. The van der Waals surface area contributed by atoms with Crippen LogP contribution < -0.4 is 17.0 Å². The van der Waals surface area contributed by atoms with Crippen LogP contribution in [-0.4, -0.2) is 30.4 Å². The number of carbonyl (C=O) groups is 1. The monoisotopic (exact) mass is 345 g/mol. The summed E-state index contributed by atoms with van der Waals surface area (Å²) < 4.78 is 0.810. The Morgan fingerprint density at radius 2 is 1.62 bits per heavy atom. The standard InChI is InChI=1S/C18H20NO.BrH/c1-19(14-18(20)16-8-3-2-4-9-16)12-11-15-7-5-6-10-17(15)13-19;/h2-10H,11-14H2,1H3;1H/q+1;/p-1. The van der Waals surface area contributed by atoms with E-state index in [2.05, 4.69) is 31.3 Å². The minimum Gasteiger partial charge on any atom is -1.00 e. The normalized spacial score (nSPS) is 20.2. The molecule has 110 valence electrons. The lowest BCUT2D eigenvalue weighted by molar-refractivity contribution is -0.916. The third-order valence-corrected chi connectivity index (χ3v) is 4.21. The average Bonchev–Trinajstić information content (AvgIpc) is 2.47. The van der Waals surface area contributed by atoms with Crippen LogP contribution in [0.4, 0.5) is 0 Å². The van der Waals surface area contributed by atoms with Gasteiger partial charge in [0, 0.05) is 17.5 Å². The van der Waals surface area contributed by atoms with E-state index in [1.807, 2.05) is 30.3 Å². The molecule has 0 bridgehead atoms. The summed E-state index contributed by atoms with van der Waals surface area (Å²) in [5, 5.41) is 0. The molecule has 1 heterocycles. The summed E-state index contributed by atoms with van der Waals surface area (Å²) in [5.41, 5.74) is 3.66. The molecule has 0 radical (unpaired) electrons. The van der Waals surface area contributed by atoms with E-state index in [9.17, 15) is 4.79 Å². The maximum absolute atomic E-state index is 12.4. The number of likely N-dealkylation sites (N-methyl/N-ethyl adjacent to an activating group) is 1. The quantitative estimate of drug-likeness (QED) is 0.568. The number of halogens is 1. The summed E-state index contributed by atoms with van der Waals surface area (Å²) in [6, 6.07) is 18.2. The second kappa shape index (κ2) is 6.54. The Morgan fingerprint density at radius 1 is 1.00 bits per heavy atom.